The van der Waals surface area contributed by atoms with E-state index in [4.69, 9.17) is 0 Å². The number of nitrogens with one attached hydrogen (secondary N) is 1. The minimum atomic E-state index is -0.199. The third-order valence-corrected chi connectivity index (χ3v) is 4.03. The van der Waals surface area contributed by atoms with Crippen LogP contribution in [-0.4, -0.2) is 25.7 Å². The quantitative estimate of drug-likeness (QED) is 0.778. The number of nitrogens with zero attached hydrogens (tertiary/aromatic N) is 4. The van der Waals surface area contributed by atoms with Crippen LogP contribution in [0, 0.1) is 13.8 Å². The first-order valence-electron chi connectivity index (χ1n) is 8.19. The molecule has 3 rings (SSSR count). The molecular formula is C19H21N5O. The number of aromatic nitrogens is 4. The van der Waals surface area contributed by atoms with E-state index in [9.17, 15) is 4.79 Å². The molecule has 25 heavy (non-hydrogen) atoms. The van der Waals surface area contributed by atoms with E-state index in [1.54, 1.807) is 18.6 Å². The van der Waals surface area contributed by atoms with Crippen LogP contribution in [-0.2, 0) is 6.54 Å². The van der Waals surface area contributed by atoms with Gasteiger partial charge in [0.25, 0.3) is 5.91 Å². The summed E-state index contributed by atoms with van der Waals surface area (Å²) in [6, 6.07) is 9.43. The Morgan fingerprint density at radius 1 is 1.20 bits per heavy atom. The predicted molar refractivity (Wildman–Crippen MR) is 95.2 cm³/mol. The average molecular weight is 335 g/mol. The molecule has 1 unspecified atom stereocenters. The maximum atomic E-state index is 12.4. The summed E-state index contributed by atoms with van der Waals surface area (Å²) >= 11 is 0. The van der Waals surface area contributed by atoms with Crippen molar-refractivity contribution in [3.8, 4) is 0 Å². The Hall–Kier alpha value is -3.02. The molecule has 0 radical (unpaired) electrons. The number of carbonyl (C=O) groups is 1. The minimum absolute atomic E-state index is 0.129. The SMILES string of the molecule is Cc1cc(C)n(Cc2ccc(C(=O)NC(C)c3cnccn3)cc2)n1. The second-order valence-electron chi connectivity index (χ2n) is 6.11. The van der Waals surface area contributed by atoms with Gasteiger partial charge in [-0.1, -0.05) is 12.1 Å². The van der Waals surface area contributed by atoms with Gasteiger partial charge in [-0.15, -0.1) is 0 Å². The first-order valence-corrected chi connectivity index (χ1v) is 8.19. The van der Waals surface area contributed by atoms with E-state index < -0.39 is 0 Å². The molecule has 0 aliphatic heterocycles. The second-order valence-corrected chi connectivity index (χ2v) is 6.11. The van der Waals surface area contributed by atoms with Crippen molar-refractivity contribution in [2.24, 2.45) is 0 Å². The molecule has 1 N–H and O–H groups in total. The average Bonchev–Trinajstić information content (AvgIpc) is 2.93. The fraction of sp³-hybridized carbons (Fsp3) is 0.263. The highest BCUT2D eigenvalue weighted by Crippen LogP contribution is 2.12. The third kappa shape index (κ3) is 4.09. The molecule has 1 amide bonds. The number of hydrogen-bond acceptors (Lipinski definition) is 4. The predicted octanol–water partition coefficient (Wildman–Crippen LogP) is 2.83. The minimum Gasteiger partial charge on any atom is -0.344 e. The van der Waals surface area contributed by atoms with Crippen molar-refractivity contribution in [1.29, 1.82) is 0 Å². The van der Waals surface area contributed by atoms with Gasteiger partial charge in [0.1, 0.15) is 0 Å². The van der Waals surface area contributed by atoms with Crippen LogP contribution in [0.15, 0.2) is 48.9 Å². The fourth-order valence-corrected chi connectivity index (χ4v) is 2.66. The van der Waals surface area contributed by atoms with Crippen molar-refractivity contribution >= 4 is 5.91 Å². The molecule has 0 aliphatic carbocycles. The maximum absolute atomic E-state index is 12.4. The highest BCUT2D eigenvalue weighted by atomic mass is 16.1. The molecule has 6 nitrogen and oxygen atoms in total. The second kappa shape index (κ2) is 7.25. The zero-order chi connectivity index (χ0) is 17.8. The van der Waals surface area contributed by atoms with Crippen molar-refractivity contribution in [2.45, 2.75) is 33.4 Å². The van der Waals surface area contributed by atoms with Crippen LogP contribution in [0.5, 0.6) is 0 Å². The number of benzene rings is 1. The molecule has 0 saturated carbocycles. The molecule has 128 valence electrons. The molecule has 6 heteroatoms. The van der Waals surface area contributed by atoms with E-state index in [1.807, 2.05) is 49.7 Å². The summed E-state index contributed by atoms with van der Waals surface area (Å²) in [5.74, 6) is -0.129. The summed E-state index contributed by atoms with van der Waals surface area (Å²) in [7, 11) is 0. The monoisotopic (exact) mass is 335 g/mol. The van der Waals surface area contributed by atoms with Crippen LogP contribution in [0.4, 0.5) is 0 Å². The van der Waals surface area contributed by atoms with E-state index in [-0.39, 0.29) is 11.9 Å². The van der Waals surface area contributed by atoms with E-state index in [1.165, 1.54) is 0 Å². The number of amides is 1. The molecule has 2 aromatic heterocycles. The Kier molecular flexibility index (Phi) is 4.88. The van der Waals surface area contributed by atoms with Gasteiger partial charge in [0.05, 0.1) is 30.2 Å². The summed E-state index contributed by atoms with van der Waals surface area (Å²) in [6.45, 7) is 6.60. The van der Waals surface area contributed by atoms with Gasteiger partial charge in [0.15, 0.2) is 0 Å². The highest BCUT2D eigenvalue weighted by Gasteiger charge is 2.12. The molecule has 1 atom stereocenters. The third-order valence-electron chi connectivity index (χ3n) is 4.03. The van der Waals surface area contributed by atoms with Crippen molar-refractivity contribution < 1.29 is 4.79 Å². The van der Waals surface area contributed by atoms with Crippen molar-refractivity contribution in [3.05, 3.63) is 77.1 Å². The first-order chi connectivity index (χ1) is 12.0. The Balaban J connectivity index is 1.65. The van der Waals surface area contributed by atoms with Gasteiger partial charge >= 0.3 is 0 Å². The van der Waals surface area contributed by atoms with Gasteiger partial charge in [0.2, 0.25) is 0 Å². The lowest BCUT2D eigenvalue weighted by atomic mass is 10.1. The molecule has 0 fully saturated rings. The largest absolute Gasteiger partial charge is 0.344 e. The lowest BCUT2D eigenvalue weighted by Gasteiger charge is -2.13. The molecule has 0 bridgehead atoms. The lowest BCUT2D eigenvalue weighted by molar-refractivity contribution is 0.0939. The fourth-order valence-electron chi connectivity index (χ4n) is 2.66. The molecule has 0 saturated heterocycles. The molecule has 0 spiro atoms. The zero-order valence-electron chi connectivity index (χ0n) is 14.6. The maximum Gasteiger partial charge on any atom is 0.251 e. The van der Waals surface area contributed by atoms with Crippen molar-refractivity contribution in [3.63, 3.8) is 0 Å². The van der Waals surface area contributed by atoms with Crippen LogP contribution >= 0.6 is 0 Å². The van der Waals surface area contributed by atoms with E-state index in [0.717, 1.165) is 22.6 Å². The normalized spacial score (nSPS) is 12.0. The summed E-state index contributed by atoms with van der Waals surface area (Å²) in [5.41, 5.74) is 4.58. The topological polar surface area (TPSA) is 72.7 Å². The zero-order valence-corrected chi connectivity index (χ0v) is 14.6. The summed E-state index contributed by atoms with van der Waals surface area (Å²) < 4.78 is 1.96. The smallest absolute Gasteiger partial charge is 0.251 e. The van der Waals surface area contributed by atoms with Crippen LogP contribution in [0.3, 0.4) is 0 Å². The highest BCUT2D eigenvalue weighted by molar-refractivity contribution is 5.94. The van der Waals surface area contributed by atoms with Crippen LogP contribution in [0.25, 0.3) is 0 Å². The number of aryl methyl sites for hydroxylation is 2. The Bertz CT molecular complexity index is 855. The summed E-state index contributed by atoms with van der Waals surface area (Å²) in [5, 5.41) is 7.40. The van der Waals surface area contributed by atoms with Crippen LogP contribution in [0.2, 0.25) is 0 Å². The first kappa shape index (κ1) is 16.8. The molecule has 1 aromatic carbocycles. The molecule has 3 aromatic rings. The van der Waals surface area contributed by atoms with E-state index in [2.05, 4.69) is 26.4 Å². The van der Waals surface area contributed by atoms with Gasteiger partial charge in [0, 0.05) is 23.7 Å². The van der Waals surface area contributed by atoms with Gasteiger partial charge < -0.3 is 5.32 Å². The summed E-state index contributed by atoms with van der Waals surface area (Å²) in [6.07, 6.45) is 4.88. The van der Waals surface area contributed by atoms with Gasteiger partial charge in [-0.3, -0.25) is 19.4 Å². The Labute approximate surface area is 146 Å². The van der Waals surface area contributed by atoms with Crippen LogP contribution in [0.1, 0.15) is 46.0 Å². The number of rotatable bonds is 5. The Morgan fingerprint density at radius 3 is 2.56 bits per heavy atom. The summed E-state index contributed by atoms with van der Waals surface area (Å²) in [4.78, 5) is 20.6. The van der Waals surface area contributed by atoms with Gasteiger partial charge in [-0.05, 0) is 44.5 Å². The van der Waals surface area contributed by atoms with Gasteiger partial charge in [-0.25, -0.2) is 0 Å². The number of carbonyl (C=O) groups excluding carboxylic acids is 1. The van der Waals surface area contributed by atoms with Crippen LogP contribution < -0.4 is 5.32 Å². The number of hydrogen-bond donors (Lipinski definition) is 1. The van der Waals surface area contributed by atoms with Gasteiger partial charge in [-0.2, -0.15) is 5.10 Å². The standard InChI is InChI=1S/C19H21N5O/c1-13-10-14(2)24(23-13)12-16-4-6-17(7-5-16)19(25)22-15(3)18-11-20-8-9-21-18/h4-11,15H,12H2,1-3H3,(H,22,25). The van der Waals surface area contributed by atoms with E-state index >= 15 is 0 Å². The molecular weight excluding hydrogens is 314 g/mol. The lowest BCUT2D eigenvalue weighted by Crippen LogP contribution is -2.27. The van der Waals surface area contributed by atoms with E-state index in [0.29, 0.717) is 12.1 Å². The molecule has 0 aliphatic rings. The Morgan fingerprint density at radius 2 is 1.96 bits per heavy atom. The van der Waals surface area contributed by atoms with Crippen molar-refractivity contribution in [2.75, 3.05) is 0 Å². The molecule has 2 heterocycles. The van der Waals surface area contributed by atoms with Crippen molar-refractivity contribution in [1.82, 2.24) is 25.1 Å².